The lowest BCUT2D eigenvalue weighted by Gasteiger charge is -2.43. The second-order valence-corrected chi connectivity index (χ2v) is 13.2. The molecular formula is C36H35BN2O7S. The molecule has 3 aliphatic rings. The predicted molar refractivity (Wildman–Crippen MR) is 178 cm³/mol. The number of furan rings is 1. The van der Waals surface area contributed by atoms with Crippen LogP contribution in [0.15, 0.2) is 99.9 Å². The highest BCUT2D eigenvalue weighted by atomic mass is 32.1. The van der Waals surface area contributed by atoms with E-state index in [2.05, 4.69) is 4.98 Å². The first-order chi connectivity index (χ1) is 23.0. The summed E-state index contributed by atoms with van der Waals surface area (Å²) in [7, 11) is -1.09. The molecule has 2 aliphatic heterocycles. The first-order valence-corrected chi connectivity index (χ1v) is 16.8. The summed E-state index contributed by atoms with van der Waals surface area (Å²) < 4.78 is 18.3. The van der Waals surface area contributed by atoms with Gasteiger partial charge in [-0.2, -0.15) is 0 Å². The molecule has 1 aliphatic carbocycles. The number of aliphatic hydroxyl groups is 1. The molecule has 47 heavy (non-hydrogen) atoms. The number of fused-ring (bicyclic) bond motifs is 3. The van der Waals surface area contributed by atoms with Gasteiger partial charge in [0.15, 0.2) is 0 Å². The van der Waals surface area contributed by atoms with Gasteiger partial charge in [0.2, 0.25) is 11.8 Å². The van der Waals surface area contributed by atoms with E-state index < -0.39 is 25.1 Å². The number of rotatable bonds is 11. The minimum Gasteiger partial charge on any atom is -0.489 e. The third-order valence-corrected chi connectivity index (χ3v) is 10.1. The lowest BCUT2D eigenvalue weighted by atomic mass is 9.58. The van der Waals surface area contributed by atoms with Crippen LogP contribution in [0.3, 0.4) is 0 Å². The predicted octanol–water partition coefficient (Wildman–Crippen LogP) is 5.63. The van der Waals surface area contributed by atoms with Crippen molar-refractivity contribution in [2.45, 2.75) is 44.8 Å². The zero-order valence-electron chi connectivity index (χ0n) is 25.7. The number of carbonyl (C=O) groups excluding carboxylic acids is 2. The summed E-state index contributed by atoms with van der Waals surface area (Å²) in [5.74, 6) is -0.0173. The average Bonchev–Trinajstić information content (AvgIpc) is 3.84. The minimum atomic E-state index is -1.09. The quantitative estimate of drug-likeness (QED) is 0.122. The molecule has 4 atom stereocenters. The van der Waals surface area contributed by atoms with Crippen LogP contribution in [0.1, 0.15) is 41.4 Å². The Balaban J connectivity index is 1.21. The average molecular weight is 651 g/mol. The van der Waals surface area contributed by atoms with Crippen LogP contribution in [0, 0.1) is 17.8 Å². The van der Waals surface area contributed by atoms with Crippen molar-refractivity contribution >= 4 is 41.9 Å². The zero-order valence-corrected chi connectivity index (χ0v) is 26.6. The number of pyridine rings is 1. The molecule has 4 aromatic rings. The molecule has 0 saturated carbocycles. The van der Waals surface area contributed by atoms with E-state index in [1.54, 1.807) is 18.3 Å². The third-order valence-electron chi connectivity index (χ3n) is 9.27. The Bertz CT molecular complexity index is 1770. The number of likely N-dealkylation sites (tertiary alicyclic amines) is 1. The number of benzene rings is 1. The van der Waals surface area contributed by atoms with Crippen LogP contribution in [0.2, 0.25) is 6.32 Å². The van der Waals surface area contributed by atoms with Gasteiger partial charge in [-0.1, -0.05) is 30.3 Å². The van der Waals surface area contributed by atoms with E-state index in [9.17, 15) is 19.7 Å². The van der Waals surface area contributed by atoms with E-state index in [4.69, 9.17) is 13.8 Å². The smallest absolute Gasteiger partial charge is 0.455 e. The number of carbonyl (C=O) groups is 2. The van der Waals surface area contributed by atoms with Crippen LogP contribution >= 0.6 is 11.3 Å². The fourth-order valence-electron chi connectivity index (χ4n) is 7.21. The second-order valence-electron chi connectivity index (χ2n) is 12.1. The third kappa shape index (κ3) is 6.62. The maximum absolute atomic E-state index is 14.0. The van der Waals surface area contributed by atoms with Gasteiger partial charge in [-0.05, 0) is 102 Å². The van der Waals surface area contributed by atoms with Gasteiger partial charge in [0.25, 0.3) is 0 Å². The van der Waals surface area contributed by atoms with Crippen molar-refractivity contribution in [3.05, 3.63) is 118 Å². The molecule has 2 N–H and O–H groups in total. The molecule has 240 valence electrons. The molecule has 0 spiro atoms. The number of thiophene rings is 1. The van der Waals surface area contributed by atoms with Gasteiger partial charge in [-0.3, -0.25) is 19.5 Å². The lowest BCUT2D eigenvalue weighted by Crippen LogP contribution is -2.46. The molecule has 1 aromatic carbocycles. The van der Waals surface area contributed by atoms with Crippen molar-refractivity contribution < 1.29 is 33.5 Å². The van der Waals surface area contributed by atoms with Crippen molar-refractivity contribution in [1.29, 1.82) is 0 Å². The summed E-state index contributed by atoms with van der Waals surface area (Å²) in [5.41, 5.74) is 3.56. The Morgan fingerprint density at radius 2 is 1.89 bits per heavy atom. The molecule has 2 amide bonds. The van der Waals surface area contributed by atoms with Gasteiger partial charge in [-0.25, -0.2) is 0 Å². The Morgan fingerprint density at radius 1 is 1.04 bits per heavy atom. The van der Waals surface area contributed by atoms with Crippen molar-refractivity contribution in [3.63, 3.8) is 0 Å². The number of nitrogens with zero attached hydrogens (tertiary/aromatic N) is 2. The normalized spacial score (nSPS) is 22.9. The van der Waals surface area contributed by atoms with Crippen LogP contribution in [0.25, 0.3) is 11.6 Å². The number of para-hydroxylation sites is 1. The Morgan fingerprint density at radius 3 is 2.64 bits per heavy atom. The van der Waals surface area contributed by atoms with Crippen molar-refractivity contribution in [2.75, 3.05) is 6.61 Å². The van der Waals surface area contributed by atoms with E-state index in [-0.39, 0.29) is 43.8 Å². The molecule has 2 fully saturated rings. The summed E-state index contributed by atoms with van der Waals surface area (Å²) in [6.45, 7) is 0.310. The van der Waals surface area contributed by atoms with Gasteiger partial charge < -0.3 is 23.9 Å². The van der Waals surface area contributed by atoms with Crippen LogP contribution in [-0.2, 0) is 27.4 Å². The Kier molecular flexibility index (Phi) is 9.22. The number of amides is 2. The van der Waals surface area contributed by atoms with Gasteiger partial charge >= 0.3 is 7.12 Å². The van der Waals surface area contributed by atoms with Crippen LogP contribution in [0.5, 0.6) is 5.75 Å². The van der Waals surface area contributed by atoms with Crippen molar-refractivity contribution in [2.24, 2.45) is 17.8 Å². The number of aliphatic hydroxyl groups excluding tert-OH is 1. The first-order valence-electron chi connectivity index (χ1n) is 15.9. The number of hydrogen-bond donors (Lipinski definition) is 2. The molecule has 0 unspecified atom stereocenters. The van der Waals surface area contributed by atoms with Crippen molar-refractivity contribution in [3.8, 4) is 5.75 Å². The fraction of sp³-hybridized carbons (Fsp3) is 0.306. The highest BCUT2D eigenvalue weighted by Gasteiger charge is 2.57. The summed E-state index contributed by atoms with van der Waals surface area (Å²) in [5, 5.41) is 22.5. The number of aromatic nitrogens is 1. The molecule has 11 heteroatoms. The van der Waals surface area contributed by atoms with E-state index in [0.29, 0.717) is 36.5 Å². The first kappa shape index (κ1) is 31.3. The molecule has 9 nitrogen and oxygen atoms in total. The van der Waals surface area contributed by atoms with E-state index >= 15 is 0 Å². The number of imide groups is 1. The Hall–Kier alpha value is -4.29. The van der Waals surface area contributed by atoms with Crippen LogP contribution in [-0.4, -0.2) is 51.7 Å². The van der Waals surface area contributed by atoms with E-state index in [0.717, 1.165) is 27.3 Å². The highest BCUT2D eigenvalue weighted by molar-refractivity contribution is 7.09. The maximum Gasteiger partial charge on any atom is 0.455 e. The van der Waals surface area contributed by atoms with Crippen molar-refractivity contribution in [1.82, 2.24) is 9.88 Å². The van der Waals surface area contributed by atoms with Crippen LogP contribution in [0.4, 0.5) is 0 Å². The maximum atomic E-state index is 14.0. The minimum absolute atomic E-state index is 0.164. The molecule has 0 bridgehead atoms. The molecule has 0 radical (unpaired) electrons. The largest absolute Gasteiger partial charge is 0.489 e. The van der Waals surface area contributed by atoms with Gasteiger partial charge in [0.1, 0.15) is 30.5 Å². The van der Waals surface area contributed by atoms with Gasteiger partial charge in [-0.15, -0.1) is 11.3 Å². The molecule has 3 aromatic heterocycles. The SMILES string of the molecule is O=C1[C@@H]2[C@@H](CC(COc3ccccc3)=C3[C@@H](CC/C(=C/c4ccc(CO)o4)c4ccccn4)OB(O)C[C@@H]32)C(=O)N1Cc1cccs1. The highest BCUT2D eigenvalue weighted by Crippen LogP contribution is 2.51. The summed E-state index contributed by atoms with van der Waals surface area (Å²) >= 11 is 1.52. The van der Waals surface area contributed by atoms with Gasteiger partial charge in [0, 0.05) is 11.1 Å². The second kappa shape index (κ2) is 13.8. The van der Waals surface area contributed by atoms with E-state index in [1.807, 2.05) is 72.1 Å². The summed E-state index contributed by atoms with van der Waals surface area (Å²) in [6, 6.07) is 22.6. The molecular weight excluding hydrogens is 615 g/mol. The number of allylic oxidation sites excluding steroid dienone is 1. The number of hydrogen-bond acceptors (Lipinski definition) is 9. The summed E-state index contributed by atoms with van der Waals surface area (Å²) in [6.07, 6.45) is 4.77. The number of ether oxygens (including phenoxy) is 1. The zero-order chi connectivity index (χ0) is 32.3. The molecule has 7 rings (SSSR count). The monoisotopic (exact) mass is 650 g/mol. The van der Waals surface area contributed by atoms with Gasteiger partial charge in [0.05, 0.1) is 30.2 Å². The lowest BCUT2D eigenvalue weighted by molar-refractivity contribution is -0.140. The van der Waals surface area contributed by atoms with Crippen LogP contribution < -0.4 is 4.74 Å². The standard InChI is InChI=1S/C36H35BN2O7S/c40-21-27-13-12-26(45-27)17-23(31-10-4-5-15-38-31)11-14-32-33-24(22-44-25-7-2-1-3-8-25)18-29-34(30(33)19-37(43)46-32)36(42)39(35(29)41)20-28-9-6-16-47-28/h1-10,12-13,15-17,29-30,32,34,40,43H,11,14,18-22H2/b23-17-/t29-,30+,32-,34-/m1/s1. The molecule has 5 heterocycles. The topological polar surface area (TPSA) is 122 Å². The van der Waals surface area contributed by atoms with E-state index in [1.165, 1.54) is 16.2 Å². The molecule has 2 saturated heterocycles. The fourth-order valence-corrected chi connectivity index (χ4v) is 7.90. The Labute approximate surface area is 277 Å². The summed E-state index contributed by atoms with van der Waals surface area (Å²) in [4.78, 5) is 34.7.